The van der Waals surface area contributed by atoms with E-state index in [1.807, 2.05) is 12.5 Å². The van der Waals surface area contributed by atoms with Crippen LogP contribution in [0.25, 0.3) is 10.8 Å². The van der Waals surface area contributed by atoms with Gasteiger partial charge in [0.15, 0.2) is 0 Å². The van der Waals surface area contributed by atoms with E-state index < -0.39 is 0 Å². The van der Waals surface area contributed by atoms with E-state index in [1.54, 1.807) is 0 Å². The summed E-state index contributed by atoms with van der Waals surface area (Å²) < 4.78 is 2.19. The molecule has 1 heterocycles. The van der Waals surface area contributed by atoms with Gasteiger partial charge in [0, 0.05) is 24.2 Å². The maximum atomic E-state index is 4.19. The number of hydrogen-bond donors (Lipinski definition) is 0. The van der Waals surface area contributed by atoms with Gasteiger partial charge in [-0.2, -0.15) is 11.8 Å². The largest absolute Gasteiger partial charge is 0.336 e. The van der Waals surface area contributed by atoms with Crippen LogP contribution in [0.3, 0.4) is 0 Å². The van der Waals surface area contributed by atoms with Gasteiger partial charge in [-0.25, -0.2) is 4.98 Å². The van der Waals surface area contributed by atoms with Gasteiger partial charge >= 0.3 is 0 Å². The number of rotatable bonds is 9. The molecule has 0 aliphatic carbocycles. The van der Waals surface area contributed by atoms with Crippen LogP contribution in [0, 0.1) is 0 Å². The van der Waals surface area contributed by atoms with E-state index in [4.69, 9.17) is 0 Å². The summed E-state index contributed by atoms with van der Waals surface area (Å²) in [6.45, 7) is 3.25. The first-order valence-corrected chi connectivity index (χ1v) is 9.97. The lowest BCUT2D eigenvalue weighted by atomic mass is 10.0. The minimum atomic E-state index is 0.477. The number of benzene rings is 2. The van der Waals surface area contributed by atoms with Gasteiger partial charge in [-0.1, -0.05) is 62.6 Å². The van der Waals surface area contributed by atoms with Crippen LogP contribution >= 0.6 is 11.8 Å². The molecule has 24 heavy (non-hydrogen) atoms. The van der Waals surface area contributed by atoms with Crippen molar-refractivity contribution in [3.63, 3.8) is 0 Å². The van der Waals surface area contributed by atoms with Gasteiger partial charge in [0.05, 0.1) is 6.33 Å². The van der Waals surface area contributed by atoms with Crippen LogP contribution in [0.4, 0.5) is 0 Å². The zero-order valence-corrected chi connectivity index (χ0v) is 15.2. The molecular weight excluding hydrogens is 312 g/mol. The number of fused-ring (bicyclic) bond motifs is 1. The third-order valence-electron chi connectivity index (χ3n) is 4.40. The molecule has 1 atom stereocenters. The molecule has 2 nitrogen and oxygen atoms in total. The number of imidazole rings is 1. The molecular formula is C21H26N2S. The molecule has 0 fully saturated rings. The minimum absolute atomic E-state index is 0.477. The summed E-state index contributed by atoms with van der Waals surface area (Å²) in [5.74, 6) is 1.23. The number of thioether (sulfide) groups is 1. The number of nitrogens with zero attached hydrogens (tertiary/aromatic N) is 2. The quantitative estimate of drug-likeness (QED) is 0.439. The molecule has 0 aliphatic heterocycles. The van der Waals surface area contributed by atoms with E-state index in [2.05, 4.69) is 76.9 Å². The molecule has 0 radical (unpaired) electrons. The Morgan fingerprint density at radius 3 is 2.71 bits per heavy atom. The van der Waals surface area contributed by atoms with Crippen molar-refractivity contribution in [1.29, 1.82) is 0 Å². The summed E-state index contributed by atoms with van der Waals surface area (Å²) in [6, 6.07) is 15.5. The molecule has 0 aliphatic rings. The second-order valence-corrected chi connectivity index (χ2v) is 7.60. The molecule has 0 saturated heterocycles. The summed E-state index contributed by atoms with van der Waals surface area (Å²) in [4.78, 5) is 4.19. The first kappa shape index (κ1) is 17.1. The molecule has 0 N–H and O–H groups in total. The monoisotopic (exact) mass is 338 g/mol. The Morgan fingerprint density at radius 2 is 1.92 bits per heavy atom. The highest BCUT2D eigenvalue weighted by atomic mass is 32.2. The smallest absolute Gasteiger partial charge is 0.0946 e. The molecule has 3 aromatic rings. The van der Waals surface area contributed by atoms with Crippen LogP contribution in [0.2, 0.25) is 0 Å². The average Bonchev–Trinajstić information content (AvgIpc) is 3.13. The average molecular weight is 339 g/mol. The lowest BCUT2D eigenvalue weighted by Crippen LogP contribution is -2.06. The molecule has 126 valence electrons. The maximum absolute atomic E-state index is 4.19. The third kappa shape index (κ3) is 4.64. The molecule has 1 unspecified atom stereocenters. The fourth-order valence-electron chi connectivity index (χ4n) is 3.00. The van der Waals surface area contributed by atoms with Crippen LogP contribution in [0.1, 0.15) is 43.4 Å². The predicted octanol–water partition coefficient (Wildman–Crippen LogP) is 6.09. The van der Waals surface area contributed by atoms with Gasteiger partial charge in [-0.05, 0) is 34.6 Å². The topological polar surface area (TPSA) is 17.8 Å². The van der Waals surface area contributed by atoms with E-state index in [0.717, 1.165) is 6.54 Å². The second kappa shape index (κ2) is 8.93. The van der Waals surface area contributed by atoms with Crippen molar-refractivity contribution in [2.75, 3.05) is 5.75 Å². The van der Waals surface area contributed by atoms with Crippen molar-refractivity contribution >= 4 is 22.5 Å². The van der Waals surface area contributed by atoms with Crippen molar-refractivity contribution in [2.45, 2.75) is 44.4 Å². The van der Waals surface area contributed by atoms with Gasteiger partial charge < -0.3 is 4.57 Å². The Balaban J connectivity index is 1.73. The lowest BCUT2D eigenvalue weighted by molar-refractivity contribution is 0.678. The lowest BCUT2D eigenvalue weighted by Gasteiger charge is -2.18. The number of hydrogen-bond acceptors (Lipinski definition) is 2. The Hall–Kier alpha value is -1.74. The van der Waals surface area contributed by atoms with Crippen LogP contribution in [0.15, 0.2) is 61.2 Å². The fraction of sp³-hybridized carbons (Fsp3) is 0.381. The predicted molar refractivity (Wildman–Crippen MR) is 106 cm³/mol. The Labute approximate surface area is 149 Å². The van der Waals surface area contributed by atoms with Gasteiger partial charge in [-0.3, -0.25) is 0 Å². The Morgan fingerprint density at radius 1 is 1.04 bits per heavy atom. The van der Waals surface area contributed by atoms with Crippen molar-refractivity contribution in [2.24, 2.45) is 0 Å². The summed E-state index contributed by atoms with van der Waals surface area (Å²) in [6.07, 6.45) is 11.2. The Kier molecular flexibility index (Phi) is 6.36. The van der Waals surface area contributed by atoms with Crippen LogP contribution < -0.4 is 0 Å². The zero-order chi connectivity index (χ0) is 16.6. The van der Waals surface area contributed by atoms with Gasteiger partial charge in [0.2, 0.25) is 0 Å². The number of unbranched alkanes of at least 4 members (excludes halogenated alkanes) is 3. The molecule has 0 bridgehead atoms. The molecule has 2 aromatic carbocycles. The van der Waals surface area contributed by atoms with Crippen molar-refractivity contribution in [3.05, 3.63) is 66.7 Å². The SMILES string of the molecule is CCCCCCSC(Cn1ccnc1)c1ccc2ccccc2c1. The summed E-state index contributed by atoms with van der Waals surface area (Å²) in [5.41, 5.74) is 1.42. The molecule has 0 saturated carbocycles. The van der Waals surface area contributed by atoms with Gasteiger partial charge in [-0.15, -0.1) is 0 Å². The standard InChI is InChI=1S/C21H26N2S/c1-2-3-4-7-14-24-21(16-23-13-12-22-17-23)20-11-10-18-8-5-6-9-19(18)15-20/h5-6,8-13,15,17,21H,2-4,7,14,16H2,1H3. The molecule has 1 aromatic heterocycles. The summed E-state index contributed by atoms with van der Waals surface area (Å²) in [5, 5.41) is 3.12. The van der Waals surface area contributed by atoms with Crippen LogP contribution in [-0.4, -0.2) is 15.3 Å². The van der Waals surface area contributed by atoms with Crippen molar-refractivity contribution < 1.29 is 0 Å². The van der Waals surface area contributed by atoms with Crippen LogP contribution in [-0.2, 0) is 6.54 Å². The van der Waals surface area contributed by atoms with Crippen LogP contribution in [0.5, 0.6) is 0 Å². The molecule has 3 rings (SSSR count). The van der Waals surface area contributed by atoms with E-state index >= 15 is 0 Å². The third-order valence-corrected chi connectivity index (χ3v) is 5.75. The van der Waals surface area contributed by atoms with Crippen molar-refractivity contribution in [3.8, 4) is 0 Å². The first-order chi connectivity index (χ1) is 11.9. The van der Waals surface area contributed by atoms with Gasteiger partial charge in [0.1, 0.15) is 0 Å². The molecule has 0 spiro atoms. The van der Waals surface area contributed by atoms with Crippen molar-refractivity contribution in [1.82, 2.24) is 9.55 Å². The van der Waals surface area contributed by atoms with E-state index in [9.17, 15) is 0 Å². The highest BCUT2D eigenvalue weighted by Gasteiger charge is 2.13. The maximum Gasteiger partial charge on any atom is 0.0946 e. The van der Waals surface area contributed by atoms with Gasteiger partial charge in [0.25, 0.3) is 0 Å². The normalized spacial score (nSPS) is 12.5. The van der Waals surface area contributed by atoms with E-state index in [0.29, 0.717) is 5.25 Å². The first-order valence-electron chi connectivity index (χ1n) is 8.93. The highest BCUT2D eigenvalue weighted by Crippen LogP contribution is 2.33. The summed E-state index contributed by atoms with van der Waals surface area (Å²) >= 11 is 2.08. The molecule has 0 amide bonds. The summed E-state index contributed by atoms with van der Waals surface area (Å²) in [7, 11) is 0. The zero-order valence-electron chi connectivity index (χ0n) is 14.4. The molecule has 3 heteroatoms. The van der Waals surface area contributed by atoms with E-state index in [1.165, 1.54) is 47.8 Å². The minimum Gasteiger partial charge on any atom is -0.336 e. The fourth-order valence-corrected chi connectivity index (χ4v) is 4.27. The number of aromatic nitrogens is 2. The van der Waals surface area contributed by atoms with E-state index in [-0.39, 0.29) is 0 Å². The Bertz CT molecular complexity index is 736. The second-order valence-electron chi connectivity index (χ2n) is 6.29. The highest BCUT2D eigenvalue weighted by molar-refractivity contribution is 7.99.